The zero-order valence-electron chi connectivity index (χ0n) is 16.5. The summed E-state index contributed by atoms with van der Waals surface area (Å²) in [7, 11) is 0. The van der Waals surface area contributed by atoms with Crippen LogP contribution in [0.5, 0.6) is 11.6 Å². The number of benzene rings is 3. The van der Waals surface area contributed by atoms with E-state index in [4.69, 9.17) is 14.6 Å². The molecular weight excluding hydrogens is 396 g/mol. The summed E-state index contributed by atoms with van der Waals surface area (Å²) in [6.45, 7) is 0.428. The van der Waals surface area contributed by atoms with Gasteiger partial charge in [-0.1, -0.05) is 36.4 Å². The number of hydrogen-bond acceptors (Lipinski definition) is 4. The first-order valence-electron chi connectivity index (χ1n) is 9.68. The first-order chi connectivity index (χ1) is 15.1. The minimum Gasteiger partial charge on any atom is -0.490 e. The van der Waals surface area contributed by atoms with Crippen molar-refractivity contribution in [2.24, 2.45) is 0 Å². The van der Waals surface area contributed by atoms with Gasteiger partial charge in [-0.15, -0.1) is 0 Å². The quantitative estimate of drug-likeness (QED) is 0.442. The highest BCUT2D eigenvalue weighted by Crippen LogP contribution is 2.20. The van der Waals surface area contributed by atoms with Crippen molar-refractivity contribution < 1.29 is 19.4 Å². The van der Waals surface area contributed by atoms with Gasteiger partial charge < -0.3 is 14.6 Å². The molecule has 0 atom stereocenters. The van der Waals surface area contributed by atoms with Crippen molar-refractivity contribution in [3.8, 4) is 23.0 Å². The number of rotatable bonds is 8. The number of ether oxygens (including phenoxy) is 2. The maximum atomic E-state index is 12.8. The zero-order chi connectivity index (χ0) is 21.6. The molecule has 1 N–H and O–H groups in total. The Morgan fingerprint density at radius 2 is 1.29 bits per heavy atom. The van der Waals surface area contributed by atoms with Crippen molar-refractivity contribution in [3.05, 3.63) is 107 Å². The number of para-hydroxylation sites is 2. The Kier molecular flexibility index (Phi) is 5.84. The van der Waals surface area contributed by atoms with E-state index >= 15 is 0 Å². The van der Waals surface area contributed by atoms with E-state index in [0.29, 0.717) is 11.6 Å². The number of nitrogens with zero attached hydrogens (tertiary/aromatic N) is 2. The highest BCUT2D eigenvalue weighted by atomic mass is 16.5. The lowest BCUT2D eigenvalue weighted by molar-refractivity contribution is 0.0697. The van der Waals surface area contributed by atoms with Crippen molar-refractivity contribution in [1.82, 2.24) is 9.36 Å². The molecule has 0 fully saturated rings. The van der Waals surface area contributed by atoms with Gasteiger partial charge in [-0.25, -0.2) is 14.2 Å². The van der Waals surface area contributed by atoms with Crippen molar-refractivity contribution in [2.45, 2.75) is 0 Å². The highest BCUT2D eigenvalue weighted by Gasteiger charge is 2.15. The number of aromatic carboxylic acids is 1. The van der Waals surface area contributed by atoms with Crippen molar-refractivity contribution in [2.75, 3.05) is 13.2 Å². The fourth-order valence-electron chi connectivity index (χ4n) is 3.15. The molecule has 0 amide bonds. The number of carbonyl (C=O) groups is 1. The number of carboxylic acid groups (broad SMARTS) is 1. The van der Waals surface area contributed by atoms with E-state index in [9.17, 15) is 9.59 Å². The molecule has 0 aliphatic heterocycles. The molecule has 31 heavy (non-hydrogen) atoms. The van der Waals surface area contributed by atoms with E-state index in [-0.39, 0.29) is 24.3 Å². The molecule has 4 rings (SSSR count). The Balaban J connectivity index is 1.53. The molecule has 0 spiro atoms. The zero-order valence-corrected chi connectivity index (χ0v) is 16.5. The van der Waals surface area contributed by atoms with E-state index in [1.54, 1.807) is 21.5 Å². The topological polar surface area (TPSA) is 82.7 Å². The summed E-state index contributed by atoms with van der Waals surface area (Å²) in [5, 5.41) is 8.95. The molecule has 156 valence electrons. The summed E-state index contributed by atoms with van der Waals surface area (Å²) >= 11 is 0. The van der Waals surface area contributed by atoms with E-state index in [1.165, 1.54) is 18.2 Å². The van der Waals surface area contributed by atoms with Crippen LogP contribution in [-0.4, -0.2) is 33.7 Å². The van der Waals surface area contributed by atoms with Gasteiger partial charge in [-0.05, 0) is 48.5 Å². The molecule has 0 unspecified atom stereocenters. The molecule has 1 aromatic heterocycles. The largest absolute Gasteiger partial charge is 0.490 e. The van der Waals surface area contributed by atoms with Crippen LogP contribution in [0.15, 0.2) is 95.8 Å². The number of aromatic nitrogens is 2. The molecule has 3 aromatic carbocycles. The van der Waals surface area contributed by atoms with E-state index in [1.807, 2.05) is 60.7 Å². The summed E-state index contributed by atoms with van der Waals surface area (Å²) in [6, 6.07) is 26.4. The second-order valence-corrected chi connectivity index (χ2v) is 6.64. The summed E-state index contributed by atoms with van der Waals surface area (Å²) in [4.78, 5) is 23.7. The Hall–Kier alpha value is -4.26. The minimum absolute atomic E-state index is 0.192. The van der Waals surface area contributed by atoms with Gasteiger partial charge in [0.15, 0.2) is 0 Å². The third-order valence-corrected chi connectivity index (χ3v) is 4.57. The molecule has 0 saturated carbocycles. The van der Waals surface area contributed by atoms with Gasteiger partial charge in [0.25, 0.3) is 5.56 Å². The van der Waals surface area contributed by atoms with Crippen LogP contribution in [0, 0.1) is 0 Å². The molecule has 0 aliphatic rings. The molecule has 0 bridgehead atoms. The van der Waals surface area contributed by atoms with Crippen LogP contribution >= 0.6 is 0 Å². The Morgan fingerprint density at radius 1 is 0.742 bits per heavy atom. The SMILES string of the molecule is O=C(O)c1ccc(OCCOc2cc(=O)n(-c3ccccc3)n2-c2ccccc2)cc1. The molecule has 0 aliphatic carbocycles. The van der Waals surface area contributed by atoms with Crippen LogP contribution in [0.2, 0.25) is 0 Å². The van der Waals surface area contributed by atoms with Crippen LogP contribution in [0.25, 0.3) is 11.4 Å². The fourth-order valence-corrected chi connectivity index (χ4v) is 3.15. The molecule has 7 nitrogen and oxygen atoms in total. The Bertz CT molecular complexity index is 1210. The van der Waals surface area contributed by atoms with E-state index in [2.05, 4.69) is 0 Å². The van der Waals surface area contributed by atoms with Gasteiger partial charge >= 0.3 is 5.97 Å². The van der Waals surface area contributed by atoms with Gasteiger partial charge in [0, 0.05) is 0 Å². The lowest BCUT2D eigenvalue weighted by Crippen LogP contribution is -2.20. The summed E-state index contributed by atoms with van der Waals surface area (Å²) < 4.78 is 14.8. The highest BCUT2D eigenvalue weighted by molar-refractivity contribution is 5.87. The van der Waals surface area contributed by atoms with Crippen molar-refractivity contribution in [1.29, 1.82) is 0 Å². The molecule has 0 radical (unpaired) electrons. The molecule has 4 aromatic rings. The van der Waals surface area contributed by atoms with E-state index in [0.717, 1.165) is 11.4 Å². The van der Waals surface area contributed by atoms with Gasteiger partial charge in [0.2, 0.25) is 5.88 Å². The average Bonchev–Trinajstić information content (AvgIpc) is 3.14. The predicted octanol–water partition coefficient (Wildman–Crippen LogP) is 3.78. The van der Waals surface area contributed by atoms with Gasteiger partial charge in [-0.3, -0.25) is 4.79 Å². The van der Waals surface area contributed by atoms with Crippen molar-refractivity contribution in [3.63, 3.8) is 0 Å². The maximum Gasteiger partial charge on any atom is 0.335 e. The second-order valence-electron chi connectivity index (χ2n) is 6.64. The van der Waals surface area contributed by atoms with Gasteiger partial charge in [0.05, 0.1) is 23.0 Å². The van der Waals surface area contributed by atoms with Crippen LogP contribution in [0.1, 0.15) is 10.4 Å². The fraction of sp³-hybridized carbons (Fsp3) is 0.0833. The van der Waals surface area contributed by atoms with Crippen LogP contribution in [0.3, 0.4) is 0 Å². The van der Waals surface area contributed by atoms with Gasteiger partial charge in [0.1, 0.15) is 19.0 Å². The number of hydrogen-bond donors (Lipinski definition) is 1. The first kappa shape index (κ1) is 20.0. The minimum atomic E-state index is -0.989. The predicted molar refractivity (Wildman–Crippen MR) is 116 cm³/mol. The van der Waals surface area contributed by atoms with Gasteiger partial charge in [-0.2, -0.15) is 0 Å². The summed E-state index contributed by atoms with van der Waals surface area (Å²) in [5.74, 6) is -0.0579. The van der Waals surface area contributed by atoms with Crippen molar-refractivity contribution >= 4 is 5.97 Å². The van der Waals surface area contributed by atoms with Crippen LogP contribution < -0.4 is 15.0 Å². The first-order valence-corrected chi connectivity index (χ1v) is 9.68. The summed E-state index contributed by atoms with van der Waals surface area (Å²) in [6.07, 6.45) is 0. The maximum absolute atomic E-state index is 12.8. The molecule has 1 heterocycles. The molecule has 7 heteroatoms. The number of carboxylic acids is 1. The molecule has 0 saturated heterocycles. The lowest BCUT2D eigenvalue weighted by atomic mass is 10.2. The average molecular weight is 416 g/mol. The second kappa shape index (κ2) is 9.04. The van der Waals surface area contributed by atoms with Crippen LogP contribution in [0.4, 0.5) is 0 Å². The lowest BCUT2D eigenvalue weighted by Gasteiger charge is -2.15. The Labute approximate surface area is 178 Å². The third-order valence-electron chi connectivity index (χ3n) is 4.57. The normalized spacial score (nSPS) is 10.6. The Morgan fingerprint density at radius 3 is 1.87 bits per heavy atom. The summed E-state index contributed by atoms with van der Waals surface area (Å²) in [5.41, 5.74) is 1.49. The monoisotopic (exact) mass is 416 g/mol. The van der Waals surface area contributed by atoms with Crippen LogP contribution in [-0.2, 0) is 0 Å². The third kappa shape index (κ3) is 4.51. The molecular formula is C24H20N2O5. The smallest absolute Gasteiger partial charge is 0.335 e. The van der Waals surface area contributed by atoms with E-state index < -0.39 is 5.97 Å². The standard InChI is InChI=1S/C24H20N2O5/c27-22-17-23(31-16-15-30-21-13-11-18(12-14-21)24(28)29)26(20-9-5-2-6-10-20)25(22)19-7-3-1-4-8-19/h1-14,17H,15-16H2,(H,28,29).